The van der Waals surface area contributed by atoms with Crippen LogP contribution in [0.1, 0.15) is 52.7 Å². The van der Waals surface area contributed by atoms with Gasteiger partial charge < -0.3 is 10.4 Å². The van der Waals surface area contributed by atoms with E-state index in [-0.39, 0.29) is 18.6 Å². The Morgan fingerprint density at radius 1 is 1.15 bits per heavy atom. The Kier molecular flexibility index (Phi) is 4.81. The van der Waals surface area contributed by atoms with Gasteiger partial charge in [0.1, 0.15) is 0 Å². The molecule has 0 aliphatic heterocycles. The van der Waals surface area contributed by atoms with Crippen molar-refractivity contribution in [2.45, 2.75) is 52.5 Å². The first-order valence-corrected chi connectivity index (χ1v) is 7.50. The number of nitrogens with one attached hydrogen (secondary N) is 1. The van der Waals surface area contributed by atoms with E-state index in [9.17, 15) is 4.79 Å². The lowest BCUT2D eigenvalue weighted by molar-refractivity contribution is 0.0912. The highest BCUT2D eigenvalue weighted by molar-refractivity contribution is 5.97. The van der Waals surface area contributed by atoms with Crippen molar-refractivity contribution in [1.29, 1.82) is 0 Å². The summed E-state index contributed by atoms with van der Waals surface area (Å²) in [4.78, 5) is 12.5. The zero-order valence-electron chi connectivity index (χ0n) is 12.7. The van der Waals surface area contributed by atoms with Crippen LogP contribution in [0.4, 0.5) is 0 Å². The normalized spacial score (nSPS) is 22.6. The first kappa shape index (κ1) is 15.0. The molecular formula is C17H25NO2. The van der Waals surface area contributed by atoms with Gasteiger partial charge in [-0.25, -0.2) is 0 Å². The standard InChI is InChI=1S/C17H25NO2/c1-11-8-12(2)16(13(3)9-11)17(20)18-15-6-4-14(10-19)5-7-15/h8-9,14-15,19H,4-7,10H2,1-3H3,(H,18,20). The molecule has 3 nitrogen and oxygen atoms in total. The maximum absolute atomic E-state index is 12.5. The van der Waals surface area contributed by atoms with Gasteiger partial charge in [-0.3, -0.25) is 4.79 Å². The number of benzene rings is 1. The van der Waals surface area contributed by atoms with Gasteiger partial charge in [0.25, 0.3) is 5.91 Å². The van der Waals surface area contributed by atoms with Crippen LogP contribution in [0.5, 0.6) is 0 Å². The van der Waals surface area contributed by atoms with Crippen molar-refractivity contribution in [3.8, 4) is 0 Å². The molecule has 0 radical (unpaired) electrons. The van der Waals surface area contributed by atoms with E-state index in [1.54, 1.807) is 0 Å². The molecule has 1 aliphatic rings. The molecule has 0 heterocycles. The minimum absolute atomic E-state index is 0.0486. The molecule has 0 unspecified atom stereocenters. The SMILES string of the molecule is Cc1cc(C)c(C(=O)NC2CCC(CO)CC2)c(C)c1. The van der Waals surface area contributed by atoms with Crippen molar-refractivity contribution < 1.29 is 9.90 Å². The molecule has 1 aromatic carbocycles. The monoisotopic (exact) mass is 275 g/mol. The fourth-order valence-electron chi connectivity index (χ4n) is 3.29. The molecule has 1 aromatic rings. The Bertz CT molecular complexity index is 465. The van der Waals surface area contributed by atoms with E-state index in [0.29, 0.717) is 5.92 Å². The van der Waals surface area contributed by atoms with Gasteiger partial charge in [-0.1, -0.05) is 17.7 Å². The predicted molar refractivity (Wildman–Crippen MR) is 81.0 cm³/mol. The maximum Gasteiger partial charge on any atom is 0.252 e. The lowest BCUT2D eigenvalue weighted by Gasteiger charge is -2.28. The van der Waals surface area contributed by atoms with Crippen LogP contribution >= 0.6 is 0 Å². The van der Waals surface area contributed by atoms with Gasteiger partial charge >= 0.3 is 0 Å². The highest BCUT2D eigenvalue weighted by atomic mass is 16.3. The Labute approximate surface area is 121 Å². The lowest BCUT2D eigenvalue weighted by Crippen LogP contribution is -2.38. The molecule has 3 heteroatoms. The predicted octanol–water partition coefficient (Wildman–Crippen LogP) is 2.89. The summed E-state index contributed by atoms with van der Waals surface area (Å²) >= 11 is 0. The van der Waals surface area contributed by atoms with Crippen molar-refractivity contribution in [3.05, 3.63) is 34.4 Å². The molecule has 0 aromatic heterocycles. The van der Waals surface area contributed by atoms with E-state index in [2.05, 4.69) is 24.4 Å². The molecule has 20 heavy (non-hydrogen) atoms. The molecule has 0 bridgehead atoms. The van der Waals surface area contributed by atoms with Gasteiger partial charge in [-0.15, -0.1) is 0 Å². The number of hydrogen-bond donors (Lipinski definition) is 2. The lowest BCUT2D eigenvalue weighted by atomic mass is 9.86. The third-order valence-corrected chi connectivity index (χ3v) is 4.34. The van der Waals surface area contributed by atoms with Crippen molar-refractivity contribution in [3.63, 3.8) is 0 Å². The van der Waals surface area contributed by atoms with Crippen molar-refractivity contribution in [2.75, 3.05) is 6.61 Å². The highest BCUT2D eigenvalue weighted by Crippen LogP contribution is 2.24. The Balaban J connectivity index is 2.03. The van der Waals surface area contributed by atoms with Gasteiger partial charge in [0, 0.05) is 18.2 Å². The average molecular weight is 275 g/mol. The van der Waals surface area contributed by atoms with E-state index in [4.69, 9.17) is 5.11 Å². The number of aliphatic hydroxyl groups excluding tert-OH is 1. The fourth-order valence-corrected chi connectivity index (χ4v) is 3.29. The summed E-state index contributed by atoms with van der Waals surface area (Å²) in [5, 5.41) is 12.3. The quantitative estimate of drug-likeness (QED) is 0.891. The zero-order chi connectivity index (χ0) is 14.7. The molecule has 0 spiro atoms. The van der Waals surface area contributed by atoms with Crippen LogP contribution in [-0.4, -0.2) is 23.7 Å². The van der Waals surface area contributed by atoms with Crippen LogP contribution in [-0.2, 0) is 0 Å². The molecule has 1 amide bonds. The third-order valence-electron chi connectivity index (χ3n) is 4.34. The topological polar surface area (TPSA) is 49.3 Å². The molecule has 1 aliphatic carbocycles. The van der Waals surface area contributed by atoms with Crippen molar-refractivity contribution in [2.24, 2.45) is 5.92 Å². The molecule has 1 fully saturated rings. The van der Waals surface area contributed by atoms with Crippen LogP contribution in [0.25, 0.3) is 0 Å². The second kappa shape index (κ2) is 6.40. The van der Waals surface area contributed by atoms with Gasteiger partial charge in [0.2, 0.25) is 0 Å². The number of amides is 1. The molecular weight excluding hydrogens is 250 g/mol. The van der Waals surface area contributed by atoms with E-state index in [0.717, 1.165) is 42.4 Å². The number of aryl methyl sites for hydroxylation is 3. The molecule has 0 atom stereocenters. The van der Waals surface area contributed by atoms with E-state index in [1.165, 1.54) is 5.56 Å². The van der Waals surface area contributed by atoms with Crippen LogP contribution in [0.15, 0.2) is 12.1 Å². The van der Waals surface area contributed by atoms with Gasteiger partial charge in [0.15, 0.2) is 0 Å². The summed E-state index contributed by atoms with van der Waals surface area (Å²) in [6.07, 6.45) is 3.96. The van der Waals surface area contributed by atoms with Gasteiger partial charge in [-0.2, -0.15) is 0 Å². The van der Waals surface area contributed by atoms with Gasteiger partial charge in [-0.05, 0) is 63.5 Å². The molecule has 2 rings (SSSR count). The molecule has 0 saturated heterocycles. The number of aliphatic hydroxyl groups is 1. The Hall–Kier alpha value is -1.35. The second-order valence-corrected chi connectivity index (χ2v) is 6.15. The molecule has 110 valence electrons. The maximum atomic E-state index is 12.5. The molecule has 2 N–H and O–H groups in total. The van der Waals surface area contributed by atoms with Crippen molar-refractivity contribution in [1.82, 2.24) is 5.32 Å². The number of hydrogen-bond acceptors (Lipinski definition) is 2. The fraction of sp³-hybridized carbons (Fsp3) is 0.588. The second-order valence-electron chi connectivity index (χ2n) is 6.15. The van der Waals surface area contributed by atoms with Crippen LogP contribution in [0.3, 0.4) is 0 Å². The minimum Gasteiger partial charge on any atom is -0.396 e. The van der Waals surface area contributed by atoms with E-state index in [1.807, 2.05) is 13.8 Å². The Morgan fingerprint density at radius 2 is 1.70 bits per heavy atom. The summed E-state index contributed by atoms with van der Waals surface area (Å²) in [5.74, 6) is 0.471. The zero-order valence-corrected chi connectivity index (χ0v) is 12.7. The van der Waals surface area contributed by atoms with E-state index >= 15 is 0 Å². The summed E-state index contributed by atoms with van der Waals surface area (Å²) < 4.78 is 0. The first-order valence-electron chi connectivity index (χ1n) is 7.50. The number of carbonyl (C=O) groups is 1. The smallest absolute Gasteiger partial charge is 0.252 e. The summed E-state index contributed by atoms with van der Waals surface area (Å²) in [7, 11) is 0. The van der Waals surface area contributed by atoms with Crippen LogP contribution < -0.4 is 5.32 Å². The third kappa shape index (κ3) is 3.40. The summed E-state index contributed by atoms with van der Waals surface area (Å²) in [6, 6.07) is 4.38. The summed E-state index contributed by atoms with van der Waals surface area (Å²) in [6.45, 7) is 6.32. The van der Waals surface area contributed by atoms with Gasteiger partial charge in [0.05, 0.1) is 0 Å². The highest BCUT2D eigenvalue weighted by Gasteiger charge is 2.23. The van der Waals surface area contributed by atoms with Crippen LogP contribution in [0, 0.1) is 26.7 Å². The van der Waals surface area contributed by atoms with Crippen LogP contribution in [0.2, 0.25) is 0 Å². The van der Waals surface area contributed by atoms with E-state index < -0.39 is 0 Å². The Morgan fingerprint density at radius 3 is 2.20 bits per heavy atom. The minimum atomic E-state index is 0.0486. The number of carbonyl (C=O) groups excluding carboxylic acids is 1. The molecule has 1 saturated carbocycles. The average Bonchev–Trinajstić information content (AvgIpc) is 2.38. The largest absolute Gasteiger partial charge is 0.396 e. The summed E-state index contributed by atoms with van der Waals surface area (Å²) in [5.41, 5.74) is 4.10. The first-order chi connectivity index (χ1) is 9.51. The number of rotatable bonds is 3. The van der Waals surface area contributed by atoms with Crippen molar-refractivity contribution >= 4 is 5.91 Å².